The number of carbonyl (C=O) groups is 1. The van der Waals surface area contributed by atoms with Gasteiger partial charge in [-0.25, -0.2) is 4.98 Å². The van der Waals surface area contributed by atoms with Crippen molar-refractivity contribution in [2.75, 3.05) is 18.1 Å². The van der Waals surface area contributed by atoms with Crippen LogP contribution in [0.5, 0.6) is 0 Å². The van der Waals surface area contributed by atoms with Gasteiger partial charge in [0.1, 0.15) is 5.82 Å². The van der Waals surface area contributed by atoms with Gasteiger partial charge in [-0.2, -0.15) is 0 Å². The molecule has 1 aliphatic rings. The minimum atomic E-state index is -0.482. The highest BCUT2D eigenvalue weighted by molar-refractivity contribution is 5.93. The fourth-order valence-corrected chi connectivity index (χ4v) is 2.61. The molecule has 108 valence electrons. The molecule has 0 bridgehead atoms. The molecule has 0 radical (unpaired) electrons. The van der Waals surface area contributed by atoms with Crippen molar-refractivity contribution in [1.82, 2.24) is 9.97 Å². The molecule has 2 aromatic rings. The summed E-state index contributed by atoms with van der Waals surface area (Å²) >= 11 is 0. The van der Waals surface area contributed by atoms with E-state index in [1.54, 1.807) is 18.5 Å². The number of aromatic nitrogens is 2. The van der Waals surface area contributed by atoms with E-state index in [-0.39, 0.29) is 0 Å². The first-order valence-corrected chi connectivity index (χ1v) is 6.88. The lowest BCUT2D eigenvalue weighted by Gasteiger charge is -2.28. The zero-order valence-electron chi connectivity index (χ0n) is 11.6. The molecular weight excluding hydrogens is 266 g/mol. The lowest BCUT2D eigenvalue weighted by atomic mass is 10.0. The number of carbonyl (C=O) groups excluding carboxylic acids is 1. The highest BCUT2D eigenvalue weighted by Gasteiger charge is 2.17. The summed E-state index contributed by atoms with van der Waals surface area (Å²) in [5.41, 5.74) is 14.4. The third-order valence-electron chi connectivity index (χ3n) is 3.69. The van der Waals surface area contributed by atoms with E-state index in [1.165, 1.54) is 11.8 Å². The standard InChI is InChI=1S/C15H17N5O/c16-9-20-3-1-2-10-4-12(8-19-15(10)20)11-5-13(14(17)21)7-18-6-11/h4-8H,1-3,9,16H2,(H2,17,21). The summed E-state index contributed by atoms with van der Waals surface area (Å²) in [4.78, 5) is 21.9. The summed E-state index contributed by atoms with van der Waals surface area (Å²) in [6.45, 7) is 1.41. The van der Waals surface area contributed by atoms with Gasteiger partial charge in [0.05, 0.1) is 12.2 Å². The minimum absolute atomic E-state index is 0.397. The molecule has 3 heterocycles. The first-order valence-electron chi connectivity index (χ1n) is 6.88. The Bertz CT molecular complexity index is 686. The van der Waals surface area contributed by atoms with E-state index in [1.807, 2.05) is 0 Å². The molecule has 0 fully saturated rings. The van der Waals surface area contributed by atoms with Crippen LogP contribution in [0.1, 0.15) is 22.3 Å². The maximum Gasteiger partial charge on any atom is 0.250 e. The third-order valence-corrected chi connectivity index (χ3v) is 3.69. The number of fused-ring (bicyclic) bond motifs is 1. The molecule has 4 N–H and O–H groups in total. The second-order valence-corrected chi connectivity index (χ2v) is 5.08. The molecule has 0 atom stereocenters. The van der Waals surface area contributed by atoms with E-state index in [0.29, 0.717) is 12.2 Å². The van der Waals surface area contributed by atoms with Gasteiger partial charge in [-0.1, -0.05) is 0 Å². The third kappa shape index (κ3) is 2.57. The number of aryl methyl sites for hydroxylation is 1. The second-order valence-electron chi connectivity index (χ2n) is 5.08. The predicted molar refractivity (Wildman–Crippen MR) is 80.7 cm³/mol. The molecule has 0 aliphatic carbocycles. The molecule has 0 spiro atoms. The average molecular weight is 283 g/mol. The van der Waals surface area contributed by atoms with Crippen LogP contribution in [-0.4, -0.2) is 29.1 Å². The smallest absolute Gasteiger partial charge is 0.250 e. The van der Waals surface area contributed by atoms with Crippen LogP contribution in [0.25, 0.3) is 11.1 Å². The number of anilines is 1. The maximum absolute atomic E-state index is 11.2. The minimum Gasteiger partial charge on any atom is -0.366 e. The summed E-state index contributed by atoms with van der Waals surface area (Å²) in [5.74, 6) is 0.469. The van der Waals surface area contributed by atoms with Crippen molar-refractivity contribution in [3.05, 3.63) is 41.9 Å². The number of nitrogens with zero attached hydrogens (tertiary/aromatic N) is 3. The molecular formula is C15H17N5O. The van der Waals surface area contributed by atoms with E-state index >= 15 is 0 Å². The Labute approximate surface area is 122 Å². The molecule has 6 heteroatoms. The zero-order valence-corrected chi connectivity index (χ0v) is 11.6. The van der Waals surface area contributed by atoms with Gasteiger partial charge in [-0.15, -0.1) is 0 Å². The van der Waals surface area contributed by atoms with Crippen LogP contribution in [0.3, 0.4) is 0 Å². The summed E-state index contributed by atoms with van der Waals surface area (Å²) < 4.78 is 0. The highest BCUT2D eigenvalue weighted by atomic mass is 16.1. The number of amides is 1. The molecule has 6 nitrogen and oxygen atoms in total. The first kappa shape index (κ1) is 13.5. The van der Waals surface area contributed by atoms with Gasteiger partial charge in [0, 0.05) is 36.3 Å². The molecule has 3 rings (SSSR count). The van der Waals surface area contributed by atoms with E-state index in [2.05, 4.69) is 20.9 Å². The molecule has 1 aliphatic heterocycles. The van der Waals surface area contributed by atoms with Crippen molar-refractivity contribution >= 4 is 11.7 Å². The largest absolute Gasteiger partial charge is 0.366 e. The van der Waals surface area contributed by atoms with Crippen molar-refractivity contribution in [3.63, 3.8) is 0 Å². The van der Waals surface area contributed by atoms with E-state index in [0.717, 1.165) is 36.3 Å². The van der Waals surface area contributed by atoms with E-state index in [4.69, 9.17) is 11.5 Å². The maximum atomic E-state index is 11.2. The Morgan fingerprint density at radius 1 is 1.24 bits per heavy atom. The number of pyridine rings is 2. The van der Waals surface area contributed by atoms with Crippen LogP contribution < -0.4 is 16.4 Å². The van der Waals surface area contributed by atoms with Gasteiger partial charge in [0.25, 0.3) is 0 Å². The monoisotopic (exact) mass is 283 g/mol. The van der Waals surface area contributed by atoms with Gasteiger partial charge >= 0.3 is 0 Å². The number of hydrogen-bond donors (Lipinski definition) is 2. The first-order chi connectivity index (χ1) is 10.2. The zero-order chi connectivity index (χ0) is 14.8. The quantitative estimate of drug-likeness (QED) is 0.872. The van der Waals surface area contributed by atoms with Crippen molar-refractivity contribution in [1.29, 1.82) is 0 Å². The molecule has 0 aromatic carbocycles. The van der Waals surface area contributed by atoms with Crippen molar-refractivity contribution in [2.45, 2.75) is 12.8 Å². The molecule has 0 saturated carbocycles. The Kier molecular flexibility index (Phi) is 3.53. The summed E-state index contributed by atoms with van der Waals surface area (Å²) in [5, 5.41) is 0. The predicted octanol–water partition coefficient (Wildman–Crippen LogP) is 0.911. The molecule has 0 saturated heterocycles. The van der Waals surface area contributed by atoms with Crippen LogP contribution in [0.15, 0.2) is 30.7 Å². The van der Waals surface area contributed by atoms with Gasteiger partial charge < -0.3 is 16.4 Å². The second kappa shape index (κ2) is 5.49. The summed E-state index contributed by atoms with van der Waals surface area (Å²) in [6, 6.07) is 3.83. The van der Waals surface area contributed by atoms with Gasteiger partial charge in [0.15, 0.2) is 0 Å². The van der Waals surface area contributed by atoms with Crippen molar-refractivity contribution in [3.8, 4) is 11.1 Å². The molecule has 1 amide bonds. The van der Waals surface area contributed by atoms with Gasteiger partial charge in [0.2, 0.25) is 5.91 Å². The molecule has 21 heavy (non-hydrogen) atoms. The molecule has 0 unspecified atom stereocenters. The number of rotatable bonds is 3. The lowest BCUT2D eigenvalue weighted by molar-refractivity contribution is 0.1000. The van der Waals surface area contributed by atoms with Crippen LogP contribution in [0, 0.1) is 0 Å². The fourth-order valence-electron chi connectivity index (χ4n) is 2.61. The Hall–Kier alpha value is -2.47. The summed E-state index contributed by atoms with van der Waals surface area (Å²) in [6.07, 6.45) is 7.01. The highest BCUT2D eigenvalue weighted by Crippen LogP contribution is 2.28. The average Bonchev–Trinajstić information content (AvgIpc) is 2.53. The van der Waals surface area contributed by atoms with Crippen LogP contribution in [0.2, 0.25) is 0 Å². The number of hydrogen-bond acceptors (Lipinski definition) is 5. The van der Waals surface area contributed by atoms with E-state index in [9.17, 15) is 4.79 Å². The Balaban J connectivity index is 2.01. The Morgan fingerprint density at radius 3 is 2.81 bits per heavy atom. The van der Waals surface area contributed by atoms with Crippen molar-refractivity contribution < 1.29 is 4.79 Å². The van der Waals surface area contributed by atoms with Gasteiger partial charge in [-0.3, -0.25) is 9.78 Å². The normalized spacial score (nSPS) is 13.9. The number of primary amides is 1. The Morgan fingerprint density at radius 2 is 2.05 bits per heavy atom. The lowest BCUT2D eigenvalue weighted by Crippen LogP contribution is -2.35. The van der Waals surface area contributed by atoms with Crippen LogP contribution >= 0.6 is 0 Å². The summed E-state index contributed by atoms with van der Waals surface area (Å²) in [7, 11) is 0. The van der Waals surface area contributed by atoms with E-state index < -0.39 is 5.91 Å². The SMILES string of the molecule is NCN1CCCc2cc(-c3cncc(C(N)=O)c3)cnc21. The topological polar surface area (TPSA) is 98.1 Å². The number of nitrogens with two attached hydrogens (primary N) is 2. The van der Waals surface area contributed by atoms with Crippen LogP contribution in [-0.2, 0) is 6.42 Å². The van der Waals surface area contributed by atoms with Gasteiger partial charge in [-0.05, 0) is 30.5 Å². The fraction of sp³-hybridized carbons (Fsp3) is 0.267. The van der Waals surface area contributed by atoms with Crippen molar-refractivity contribution in [2.24, 2.45) is 11.5 Å². The molecule has 2 aromatic heterocycles. The van der Waals surface area contributed by atoms with Crippen LogP contribution in [0.4, 0.5) is 5.82 Å².